The minimum Gasteiger partial charge on any atom is -0.342 e. The van der Waals surface area contributed by atoms with Gasteiger partial charge in [0.05, 0.1) is 24.4 Å². The van der Waals surface area contributed by atoms with Gasteiger partial charge < -0.3 is 9.80 Å². The Hall–Kier alpha value is -3.02. The van der Waals surface area contributed by atoms with Crippen molar-refractivity contribution in [2.45, 2.75) is 32.0 Å². The molecule has 0 saturated carbocycles. The highest BCUT2D eigenvalue weighted by Crippen LogP contribution is 2.38. The fourth-order valence-electron chi connectivity index (χ4n) is 3.44. The maximum atomic E-state index is 12.9. The van der Waals surface area contributed by atoms with E-state index < -0.39 is 18.6 Å². The number of anilines is 2. The van der Waals surface area contributed by atoms with Gasteiger partial charge in [-0.2, -0.15) is 18.3 Å². The van der Waals surface area contributed by atoms with Crippen LogP contribution in [0, 0.1) is 0 Å². The normalized spacial score (nSPS) is 16.8. The number of rotatable bonds is 5. The maximum absolute atomic E-state index is 12.9. The second kappa shape index (κ2) is 7.67. The molecule has 30 heavy (non-hydrogen) atoms. The van der Waals surface area contributed by atoms with Gasteiger partial charge >= 0.3 is 6.18 Å². The Bertz CT molecular complexity index is 1050. The molecule has 3 aromatic rings. The fourth-order valence-corrected chi connectivity index (χ4v) is 4.08. The number of nitrogens with zero attached hydrogens (tertiary/aromatic N) is 6. The summed E-state index contributed by atoms with van der Waals surface area (Å²) in [6.45, 7) is 1.40. The molecule has 1 aliphatic heterocycles. The number of carbonyl (C=O) groups is 1. The van der Waals surface area contributed by atoms with E-state index in [0.29, 0.717) is 40.0 Å². The van der Waals surface area contributed by atoms with E-state index in [-0.39, 0.29) is 12.5 Å². The third-order valence-corrected chi connectivity index (χ3v) is 5.72. The number of carbonyl (C=O) groups excluding carboxylic acids is 1. The Balaban J connectivity index is 1.79. The van der Waals surface area contributed by atoms with E-state index in [9.17, 15) is 18.0 Å². The van der Waals surface area contributed by atoms with Gasteiger partial charge in [-0.3, -0.25) is 9.89 Å². The highest BCUT2D eigenvalue weighted by Gasteiger charge is 2.39. The van der Waals surface area contributed by atoms with Gasteiger partial charge in [0.25, 0.3) is 0 Å². The lowest BCUT2D eigenvalue weighted by Crippen LogP contribution is -2.53. The number of hydrogen-bond acceptors (Lipinski definition) is 7. The number of halogens is 3. The van der Waals surface area contributed by atoms with Crippen LogP contribution >= 0.6 is 11.3 Å². The molecular formula is C18H18F3N7OS. The Labute approximate surface area is 173 Å². The van der Waals surface area contributed by atoms with Crippen molar-refractivity contribution < 1.29 is 18.0 Å². The summed E-state index contributed by atoms with van der Waals surface area (Å²) in [7, 11) is 1.58. The van der Waals surface area contributed by atoms with Crippen LogP contribution in [0.15, 0.2) is 24.0 Å². The molecule has 0 aromatic carbocycles. The third kappa shape index (κ3) is 3.62. The molecule has 8 nitrogen and oxygen atoms in total. The van der Waals surface area contributed by atoms with Gasteiger partial charge in [-0.25, -0.2) is 15.0 Å². The zero-order valence-corrected chi connectivity index (χ0v) is 17.0. The average Bonchev–Trinajstić information content (AvgIpc) is 3.39. The maximum Gasteiger partial charge on any atom is 0.390 e. The lowest BCUT2D eigenvalue weighted by Gasteiger charge is -2.40. The summed E-state index contributed by atoms with van der Waals surface area (Å²) in [5.74, 6) is 0.308. The smallest absolute Gasteiger partial charge is 0.342 e. The van der Waals surface area contributed by atoms with Crippen LogP contribution in [0.5, 0.6) is 0 Å². The van der Waals surface area contributed by atoms with E-state index in [1.54, 1.807) is 26.4 Å². The van der Waals surface area contributed by atoms with E-state index in [4.69, 9.17) is 0 Å². The number of aromatic amines is 1. The molecule has 1 amide bonds. The van der Waals surface area contributed by atoms with Crippen LogP contribution in [0.1, 0.15) is 19.8 Å². The Morgan fingerprint density at radius 1 is 1.27 bits per heavy atom. The summed E-state index contributed by atoms with van der Waals surface area (Å²) in [6, 6.07) is -0.726. The van der Waals surface area contributed by atoms with E-state index in [1.165, 1.54) is 27.3 Å². The first-order valence-corrected chi connectivity index (χ1v) is 10.1. The van der Waals surface area contributed by atoms with Crippen LogP contribution in [0.25, 0.3) is 22.1 Å². The monoisotopic (exact) mass is 437 g/mol. The Morgan fingerprint density at radius 3 is 2.73 bits per heavy atom. The van der Waals surface area contributed by atoms with E-state index in [2.05, 4.69) is 25.1 Å². The first-order valence-electron chi connectivity index (χ1n) is 9.21. The minimum absolute atomic E-state index is 0.282. The van der Waals surface area contributed by atoms with Crippen molar-refractivity contribution in [3.05, 3.63) is 24.0 Å². The zero-order valence-electron chi connectivity index (χ0n) is 16.1. The predicted octanol–water partition coefficient (Wildman–Crippen LogP) is 3.50. The molecule has 0 spiro atoms. The van der Waals surface area contributed by atoms with E-state index >= 15 is 0 Å². The van der Waals surface area contributed by atoms with E-state index in [1.807, 2.05) is 5.38 Å². The number of likely N-dealkylation sites (N-methyl/N-ethyl adjacent to an activating group) is 1. The molecule has 0 aliphatic carbocycles. The van der Waals surface area contributed by atoms with Crippen molar-refractivity contribution >= 4 is 28.7 Å². The molecule has 0 unspecified atom stereocenters. The SMILES string of the molecule is CC[C@@H]1C(=O)N(C)c2cnc(-c3cn[nH]c3-c3nccs3)nc2N1CCC(F)(F)F. The number of thiazole rings is 1. The molecule has 0 fully saturated rings. The van der Waals surface area contributed by atoms with Crippen LogP contribution < -0.4 is 9.80 Å². The summed E-state index contributed by atoms with van der Waals surface area (Å²) in [6.07, 6.45) is -0.369. The Morgan fingerprint density at radius 2 is 2.07 bits per heavy atom. The van der Waals surface area contributed by atoms with Crippen molar-refractivity contribution in [1.82, 2.24) is 25.1 Å². The number of aromatic nitrogens is 5. The lowest BCUT2D eigenvalue weighted by atomic mass is 10.1. The standard InChI is InChI=1S/C18H18F3N7OS/c1-3-11-17(29)27(2)12-9-23-14(25-15(12)28(11)6-4-18(19,20)21)10-8-24-26-13(10)16-22-5-7-30-16/h5,7-9,11H,3-4,6H2,1-2H3,(H,24,26)/t11-/m1/s1. The molecular weight excluding hydrogens is 419 g/mol. The Kier molecular flexibility index (Phi) is 5.18. The van der Waals surface area contributed by atoms with Crippen molar-refractivity contribution in [3.8, 4) is 22.1 Å². The molecule has 1 aliphatic rings. The van der Waals surface area contributed by atoms with Gasteiger partial charge in [0, 0.05) is 25.2 Å². The largest absolute Gasteiger partial charge is 0.390 e. The average molecular weight is 437 g/mol. The van der Waals surface area contributed by atoms with Crippen LogP contribution in [-0.2, 0) is 4.79 Å². The molecule has 4 rings (SSSR count). The van der Waals surface area contributed by atoms with Crippen molar-refractivity contribution in [3.63, 3.8) is 0 Å². The lowest BCUT2D eigenvalue weighted by molar-refractivity contribution is -0.133. The summed E-state index contributed by atoms with van der Waals surface area (Å²) < 4.78 is 38.8. The molecule has 1 N–H and O–H groups in total. The fraction of sp³-hybridized carbons (Fsp3) is 0.389. The highest BCUT2D eigenvalue weighted by molar-refractivity contribution is 7.13. The first kappa shape index (κ1) is 20.3. The number of nitrogens with one attached hydrogen (secondary N) is 1. The number of amides is 1. The van der Waals surface area contributed by atoms with Gasteiger partial charge in [0.1, 0.15) is 22.4 Å². The third-order valence-electron chi connectivity index (χ3n) is 4.92. The summed E-state index contributed by atoms with van der Waals surface area (Å²) in [5, 5.41) is 9.43. The quantitative estimate of drug-likeness (QED) is 0.657. The van der Waals surface area contributed by atoms with Gasteiger partial charge in [-0.15, -0.1) is 11.3 Å². The number of fused-ring (bicyclic) bond motifs is 1. The molecule has 3 aromatic heterocycles. The number of hydrogen-bond donors (Lipinski definition) is 1. The van der Waals surface area contributed by atoms with Crippen LogP contribution in [0.3, 0.4) is 0 Å². The zero-order chi connectivity index (χ0) is 21.5. The topological polar surface area (TPSA) is 90.9 Å². The molecule has 12 heteroatoms. The molecule has 4 heterocycles. The first-order chi connectivity index (χ1) is 14.3. The number of alkyl halides is 3. The molecule has 0 bridgehead atoms. The summed E-state index contributed by atoms with van der Waals surface area (Å²) in [4.78, 5) is 28.7. The number of H-pyrrole nitrogens is 1. The van der Waals surface area contributed by atoms with Crippen molar-refractivity contribution in [1.29, 1.82) is 0 Å². The van der Waals surface area contributed by atoms with Gasteiger partial charge in [0.15, 0.2) is 11.6 Å². The second-order valence-corrected chi connectivity index (χ2v) is 7.67. The molecule has 0 saturated heterocycles. The summed E-state index contributed by atoms with van der Waals surface area (Å²) >= 11 is 1.41. The van der Waals surface area contributed by atoms with Crippen LogP contribution in [-0.4, -0.2) is 56.9 Å². The predicted molar refractivity (Wildman–Crippen MR) is 106 cm³/mol. The van der Waals surface area contributed by atoms with Gasteiger partial charge in [-0.1, -0.05) is 6.92 Å². The second-order valence-electron chi connectivity index (χ2n) is 6.78. The van der Waals surface area contributed by atoms with Crippen molar-refractivity contribution in [2.24, 2.45) is 0 Å². The van der Waals surface area contributed by atoms with Crippen LogP contribution in [0.2, 0.25) is 0 Å². The molecule has 158 valence electrons. The van der Waals surface area contributed by atoms with Gasteiger partial charge in [-0.05, 0) is 6.42 Å². The van der Waals surface area contributed by atoms with Crippen molar-refractivity contribution in [2.75, 3.05) is 23.4 Å². The van der Waals surface area contributed by atoms with E-state index in [0.717, 1.165) is 0 Å². The minimum atomic E-state index is -4.34. The molecule has 0 radical (unpaired) electrons. The molecule has 1 atom stereocenters. The highest BCUT2D eigenvalue weighted by atomic mass is 32.1. The van der Waals surface area contributed by atoms with Crippen LogP contribution in [0.4, 0.5) is 24.7 Å². The van der Waals surface area contributed by atoms with Gasteiger partial charge in [0.2, 0.25) is 5.91 Å². The summed E-state index contributed by atoms with van der Waals surface area (Å²) in [5.41, 5.74) is 1.57.